The Morgan fingerprint density at radius 2 is 1.50 bits per heavy atom. The monoisotopic (exact) mass is 416 g/mol. The highest BCUT2D eigenvalue weighted by atomic mass is 28.4. The van der Waals surface area contributed by atoms with E-state index in [4.69, 9.17) is 13.9 Å². The largest absolute Gasteiger partial charge is 0.414 e. The van der Waals surface area contributed by atoms with Gasteiger partial charge in [-0.15, -0.1) is 0 Å². The molecule has 28 heavy (non-hydrogen) atoms. The number of unbranched alkanes of at least 4 members (excludes halogenated alkanes) is 6. The molecule has 0 unspecified atom stereocenters. The summed E-state index contributed by atoms with van der Waals surface area (Å²) < 4.78 is 18.6. The van der Waals surface area contributed by atoms with E-state index >= 15 is 0 Å². The standard InChI is InChI=1S/C23H48O4Si/c1-9-10-11-12-13-14-15-16-19(24)17-20-21(27-23(5,6)26-20)18-25-28(7,8)22(2,3)4/h19-21,24H,9-18H2,1-8H3/t19-,20+,21+/m1/s1. The van der Waals surface area contributed by atoms with E-state index < -0.39 is 14.1 Å². The molecule has 0 aromatic rings. The van der Waals surface area contributed by atoms with Crippen molar-refractivity contribution in [2.75, 3.05) is 6.61 Å². The molecular formula is C23H48O4Si. The number of hydrogen-bond donors (Lipinski definition) is 1. The number of aliphatic hydroxyl groups excluding tert-OH is 1. The zero-order chi connectivity index (χ0) is 21.4. The molecule has 1 saturated heterocycles. The summed E-state index contributed by atoms with van der Waals surface area (Å²) in [5.74, 6) is -0.606. The Hall–Kier alpha value is 0.0569. The molecule has 0 saturated carbocycles. The summed E-state index contributed by atoms with van der Waals surface area (Å²) in [5, 5.41) is 10.7. The van der Waals surface area contributed by atoms with Crippen LogP contribution in [0.1, 0.15) is 99.3 Å². The van der Waals surface area contributed by atoms with E-state index in [1.807, 2.05) is 13.8 Å². The summed E-state index contributed by atoms with van der Waals surface area (Å²) in [6, 6.07) is 0. The van der Waals surface area contributed by atoms with Crippen LogP contribution in [-0.2, 0) is 13.9 Å². The molecular weight excluding hydrogens is 368 g/mol. The third kappa shape index (κ3) is 9.25. The van der Waals surface area contributed by atoms with Gasteiger partial charge in [0.25, 0.3) is 0 Å². The van der Waals surface area contributed by atoms with Gasteiger partial charge in [-0.1, -0.05) is 72.6 Å². The van der Waals surface area contributed by atoms with E-state index in [9.17, 15) is 5.11 Å². The van der Waals surface area contributed by atoms with Crippen LogP contribution in [0.25, 0.3) is 0 Å². The summed E-state index contributed by atoms with van der Waals surface area (Å²) in [6.45, 7) is 18.0. The fraction of sp³-hybridized carbons (Fsp3) is 1.00. The topological polar surface area (TPSA) is 47.9 Å². The zero-order valence-electron chi connectivity index (χ0n) is 20.0. The van der Waals surface area contributed by atoms with Gasteiger partial charge in [0.15, 0.2) is 14.1 Å². The van der Waals surface area contributed by atoms with Crippen molar-refractivity contribution in [3.05, 3.63) is 0 Å². The molecule has 0 aliphatic carbocycles. The van der Waals surface area contributed by atoms with Crippen LogP contribution in [0, 0.1) is 0 Å². The minimum atomic E-state index is -1.83. The predicted octanol–water partition coefficient (Wildman–Crippen LogP) is 6.42. The average molecular weight is 417 g/mol. The van der Waals surface area contributed by atoms with Gasteiger partial charge in [0.05, 0.1) is 18.8 Å². The van der Waals surface area contributed by atoms with Gasteiger partial charge in [-0.05, 0) is 38.4 Å². The lowest BCUT2D eigenvalue weighted by Crippen LogP contribution is -2.44. The number of ether oxygens (including phenoxy) is 2. The fourth-order valence-corrected chi connectivity index (χ4v) is 4.49. The van der Waals surface area contributed by atoms with Crippen LogP contribution in [0.4, 0.5) is 0 Å². The molecule has 1 fully saturated rings. The highest BCUT2D eigenvalue weighted by molar-refractivity contribution is 6.74. The molecule has 1 N–H and O–H groups in total. The quantitative estimate of drug-likeness (QED) is 0.278. The first-order valence-corrected chi connectivity index (χ1v) is 14.5. The third-order valence-electron chi connectivity index (χ3n) is 6.34. The van der Waals surface area contributed by atoms with Crippen LogP contribution >= 0.6 is 0 Å². The van der Waals surface area contributed by atoms with Gasteiger partial charge in [-0.2, -0.15) is 0 Å². The van der Waals surface area contributed by atoms with Crippen molar-refractivity contribution in [3.63, 3.8) is 0 Å². The Bertz CT molecular complexity index is 431. The minimum Gasteiger partial charge on any atom is -0.414 e. The van der Waals surface area contributed by atoms with E-state index in [1.165, 1.54) is 38.5 Å². The summed E-state index contributed by atoms with van der Waals surface area (Å²) >= 11 is 0. The van der Waals surface area contributed by atoms with Gasteiger partial charge >= 0.3 is 0 Å². The maximum Gasteiger partial charge on any atom is 0.192 e. The predicted molar refractivity (Wildman–Crippen MR) is 120 cm³/mol. The molecule has 0 aromatic heterocycles. The Labute approximate surface area is 175 Å². The first-order chi connectivity index (χ1) is 12.9. The summed E-state index contributed by atoms with van der Waals surface area (Å²) in [5.41, 5.74) is 0. The highest BCUT2D eigenvalue weighted by Gasteiger charge is 2.44. The maximum absolute atomic E-state index is 10.5. The second kappa shape index (κ2) is 11.4. The maximum atomic E-state index is 10.5. The molecule has 1 heterocycles. The van der Waals surface area contributed by atoms with Crippen LogP contribution < -0.4 is 0 Å². The highest BCUT2D eigenvalue weighted by Crippen LogP contribution is 2.38. The number of rotatable bonds is 13. The Kier molecular flexibility index (Phi) is 10.7. The van der Waals surface area contributed by atoms with E-state index in [0.717, 1.165) is 12.8 Å². The Morgan fingerprint density at radius 1 is 0.964 bits per heavy atom. The molecule has 0 bridgehead atoms. The first-order valence-electron chi connectivity index (χ1n) is 11.6. The van der Waals surface area contributed by atoms with Gasteiger partial charge in [0.1, 0.15) is 6.10 Å². The summed E-state index contributed by atoms with van der Waals surface area (Å²) in [7, 11) is -1.83. The molecule has 0 spiro atoms. The molecule has 3 atom stereocenters. The second-order valence-corrected chi connectivity index (χ2v) is 15.4. The van der Waals surface area contributed by atoms with Crippen molar-refractivity contribution >= 4 is 8.32 Å². The molecule has 168 valence electrons. The van der Waals surface area contributed by atoms with Crippen LogP contribution in [0.15, 0.2) is 0 Å². The Morgan fingerprint density at radius 3 is 2.07 bits per heavy atom. The van der Waals surface area contributed by atoms with E-state index in [2.05, 4.69) is 40.8 Å². The van der Waals surface area contributed by atoms with E-state index in [1.54, 1.807) is 0 Å². The molecule has 0 aromatic carbocycles. The van der Waals surface area contributed by atoms with Crippen molar-refractivity contribution in [1.29, 1.82) is 0 Å². The van der Waals surface area contributed by atoms with Crippen LogP contribution in [-0.4, -0.2) is 44.1 Å². The van der Waals surface area contributed by atoms with Gasteiger partial charge in [0.2, 0.25) is 0 Å². The molecule has 1 aliphatic rings. The molecule has 1 aliphatic heterocycles. The van der Waals surface area contributed by atoms with Crippen molar-refractivity contribution in [3.8, 4) is 0 Å². The van der Waals surface area contributed by atoms with E-state index in [-0.39, 0.29) is 23.4 Å². The van der Waals surface area contributed by atoms with Crippen LogP contribution in [0.5, 0.6) is 0 Å². The van der Waals surface area contributed by atoms with Gasteiger partial charge in [-0.25, -0.2) is 0 Å². The number of aliphatic hydroxyl groups is 1. The Balaban J connectivity index is 2.42. The van der Waals surface area contributed by atoms with Crippen molar-refractivity contribution in [2.24, 2.45) is 0 Å². The van der Waals surface area contributed by atoms with Gasteiger partial charge in [-0.3, -0.25) is 0 Å². The average Bonchev–Trinajstić information content (AvgIpc) is 2.84. The van der Waals surface area contributed by atoms with Crippen molar-refractivity contribution in [1.82, 2.24) is 0 Å². The molecule has 0 radical (unpaired) electrons. The van der Waals surface area contributed by atoms with Gasteiger partial charge in [0, 0.05) is 6.42 Å². The SMILES string of the molecule is CCCCCCCCC[C@@H](O)C[C@@H]1OC(C)(C)O[C@H]1CO[Si](C)(C)C(C)(C)C. The smallest absolute Gasteiger partial charge is 0.192 e. The second-order valence-electron chi connectivity index (χ2n) is 10.6. The third-order valence-corrected chi connectivity index (χ3v) is 10.8. The fourth-order valence-electron chi connectivity index (χ4n) is 3.48. The van der Waals surface area contributed by atoms with Crippen LogP contribution in [0.3, 0.4) is 0 Å². The molecule has 1 rings (SSSR count). The lowest BCUT2D eigenvalue weighted by atomic mass is 10.0. The van der Waals surface area contributed by atoms with Crippen LogP contribution in [0.2, 0.25) is 18.1 Å². The lowest BCUT2D eigenvalue weighted by molar-refractivity contribution is -0.150. The summed E-state index contributed by atoms with van der Waals surface area (Å²) in [4.78, 5) is 0. The molecule has 5 heteroatoms. The first kappa shape index (κ1) is 26.1. The minimum absolute atomic E-state index is 0.0978. The van der Waals surface area contributed by atoms with Crippen molar-refractivity contribution < 1.29 is 19.0 Å². The molecule has 4 nitrogen and oxygen atoms in total. The van der Waals surface area contributed by atoms with E-state index in [0.29, 0.717) is 13.0 Å². The summed E-state index contributed by atoms with van der Waals surface area (Å²) in [6.07, 6.45) is 9.85. The zero-order valence-corrected chi connectivity index (χ0v) is 21.0. The molecule has 0 amide bonds. The lowest BCUT2D eigenvalue weighted by Gasteiger charge is -2.37. The normalized spacial score (nSPS) is 23.9. The van der Waals surface area contributed by atoms with Crippen molar-refractivity contribution in [2.45, 2.75) is 142 Å². The van der Waals surface area contributed by atoms with Gasteiger partial charge < -0.3 is 19.0 Å². The number of hydrogen-bond acceptors (Lipinski definition) is 4.